The molecule has 172 valence electrons. The second-order valence-corrected chi connectivity index (χ2v) is 10.1. The van der Waals surface area contributed by atoms with E-state index in [1.54, 1.807) is 0 Å². The highest BCUT2D eigenvalue weighted by molar-refractivity contribution is 6.21. The van der Waals surface area contributed by atoms with Gasteiger partial charge in [0.25, 0.3) is 0 Å². The summed E-state index contributed by atoms with van der Waals surface area (Å²) in [6.07, 6.45) is 4.64. The van der Waals surface area contributed by atoms with Gasteiger partial charge in [0.05, 0.1) is 5.57 Å². The van der Waals surface area contributed by atoms with Crippen LogP contribution in [0.15, 0.2) is 96.0 Å². The maximum absolute atomic E-state index is 14.0. The number of anilines is 2. The van der Waals surface area contributed by atoms with Gasteiger partial charge in [0, 0.05) is 47.0 Å². The van der Waals surface area contributed by atoms with E-state index in [1.807, 2.05) is 88.6 Å². The molecule has 0 radical (unpaired) electrons. The van der Waals surface area contributed by atoms with Gasteiger partial charge in [-0.05, 0) is 42.2 Å². The third-order valence-corrected chi connectivity index (χ3v) is 7.20. The second kappa shape index (κ2) is 7.31. The molecule has 0 saturated carbocycles. The van der Waals surface area contributed by atoms with E-state index in [0.717, 1.165) is 11.4 Å². The number of allylic oxidation sites excluding steroid dienone is 1. The Balaban J connectivity index is 1.80. The number of carbonyl (C=O) groups is 2. The Hall–Kier alpha value is -4.37. The zero-order chi connectivity index (χ0) is 24.4. The van der Waals surface area contributed by atoms with E-state index in [4.69, 9.17) is 0 Å². The molecular formula is C29H24N4O2. The Bertz CT molecular complexity index is 1490. The molecule has 3 aliphatic rings. The Labute approximate surface area is 203 Å². The SMILES string of the molecule is CC1(C)CC(=O)C2=C(C1)N(c1ccccc1)C(n1cccc1)=C(C#N)[C@]21C(=O)Nc2ccccc21. The zero-order valence-electron chi connectivity index (χ0n) is 19.6. The molecule has 1 atom stereocenters. The van der Waals surface area contributed by atoms with Gasteiger partial charge in [-0.25, -0.2) is 0 Å². The molecule has 0 fully saturated rings. The van der Waals surface area contributed by atoms with Crippen molar-refractivity contribution in [3.05, 3.63) is 102 Å². The van der Waals surface area contributed by atoms with Crippen LogP contribution >= 0.6 is 0 Å². The first-order valence-electron chi connectivity index (χ1n) is 11.7. The molecule has 3 aromatic rings. The fourth-order valence-corrected chi connectivity index (χ4v) is 5.90. The summed E-state index contributed by atoms with van der Waals surface area (Å²) in [4.78, 5) is 30.0. The predicted molar refractivity (Wildman–Crippen MR) is 134 cm³/mol. The van der Waals surface area contributed by atoms with Crippen LogP contribution in [0.2, 0.25) is 0 Å². The molecule has 0 unspecified atom stereocenters. The number of hydrogen-bond donors (Lipinski definition) is 1. The average molecular weight is 461 g/mol. The number of benzene rings is 2. The van der Waals surface area contributed by atoms with E-state index in [9.17, 15) is 14.9 Å². The molecule has 35 heavy (non-hydrogen) atoms. The van der Waals surface area contributed by atoms with Gasteiger partial charge in [-0.1, -0.05) is 50.2 Å². The number of carbonyl (C=O) groups excluding carboxylic acids is 2. The van der Waals surface area contributed by atoms with Crippen molar-refractivity contribution in [2.75, 3.05) is 10.2 Å². The molecule has 1 amide bonds. The van der Waals surface area contributed by atoms with Gasteiger partial charge in [0.1, 0.15) is 17.3 Å². The molecule has 1 aromatic heterocycles. The predicted octanol–water partition coefficient (Wildman–Crippen LogP) is 5.23. The molecule has 6 rings (SSSR count). The van der Waals surface area contributed by atoms with Gasteiger partial charge >= 0.3 is 0 Å². The molecule has 2 aromatic carbocycles. The van der Waals surface area contributed by atoms with Crippen molar-refractivity contribution in [2.24, 2.45) is 5.41 Å². The maximum Gasteiger partial charge on any atom is 0.245 e. The number of rotatable bonds is 2. The number of nitriles is 1. The lowest BCUT2D eigenvalue weighted by molar-refractivity contribution is -0.123. The van der Waals surface area contributed by atoms with Gasteiger partial charge in [-0.15, -0.1) is 0 Å². The van der Waals surface area contributed by atoms with Crippen LogP contribution in [0.25, 0.3) is 5.82 Å². The number of amides is 1. The Kier molecular flexibility index (Phi) is 4.43. The summed E-state index contributed by atoms with van der Waals surface area (Å²) in [5.41, 5.74) is 1.75. The molecule has 0 saturated heterocycles. The summed E-state index contributed by atoms with van der Waals surface area (Å²) in [6, 6.07) is 23.3. The number of nitrogens with zero attached hydrogens (tertiary/aromatic N) is 3. The van der Waals surface area contributed by atoms with Crippen LogP contribution in [0.1, 0.15) is 32.3 Å². The lowest BCUT2D eigenvalue weighted by atomic mass is 9.60. The number of para-hydroxylation sites is 2. The first kappa shape index (κ1) is 21.2. The van der Waals surface area contributed by atoms with E-state index >= 15 is 0 Å². The average Bonchev–Trinajstić information content (AvgIpc) is 3.46. The molecule has 2 aliphatic heterocycles. The first-order chi connectivity index (χ1) is 16.9. The summed E-state index contributed by atoms with van der Waals surface area (Å²) in [5.74, 6) is 0.122. The molecular weight excluding hydrogens is 436 g/mol. The monoisotopic (exact) mass is 460 g/mol. The van der Waals surface area contributed by atoms with Crippen LogP contribution in [-0.4, -0.2) is 16.3 Å². The fourth-order valence-electron chi connectivity index (χ4n) is 5.90. The largest absolute Gasteiger partial charge is 0.324 e. The molecule has 6 heteroatoms. The number of Topliss-reactive ketones (excluding diaryl/α,β-unsaturated/α-hetero) is 1. The van der Waals surface area contributed by atoms with Crippen LogP contribution in [0.5, 0.6) is 0 Å². The van der Waals surface area contributed by atoms with Crippen molar-refractivity contribution < 1.29 is 9.59 Å². The standard InChI is InChI=1S/C29H24N4O2/c1-28(2)16-23-25(24(34)17-28)29(20-12-6-7-13-22(20)31-27(29)35)21(18-30)26(32-14-8-9-15-32)33(23)19-10-4-3-5-11-19/h3-15H,16-17H2,1-2H3,(H,31,35)/t29-/m0/s1. The van der Waals surface area contributed by atoms with Crippen molar-refractivity contribution in [3.63, 3.8) is 0 Å². The van der Waals surface area contributed by atoms with Gasteiger partial charge in [-0.3, -0.25) is 14.5 Å². The van der Waals surface area contributed by atoms with Crippen LogP contribution in [0.3, 0.4) is 0 Å². The molecule has 6 nitrogen and oxygen atoms in total. The van der Waals surface area contributed by atoms with Crippen LogP contribution in [0, 0.1) is 16.7 Å². The Morgan fingerprint density at radius 3 is 2.31 bits per heavy atom. The van der Waals surface area contributed by atoms with Gasteiger partial charge in [0.15, 0.2) is 5.78 Å². The van der Waals surface area contributed by atoms with E-state index in [2.05, 4.69) is 25.2 Å². The minimum absolute atomic E-state index is 0.0941. The number of hydrogen-bond acceptors (Lipinski definition) is 4. The van der Waals surface area contributed by atoms with E-state index in [1.165, 1.54) is 0 Å². The minimum atomic E-state index is -1.50. The first-order valence-corrected chi connectivity index (χ1v) is 11.7. The van der Waals surface area contributed by atoms with Crippen LogP contribution < -0.4 is 10.2 Å². The molecule has 3 heterocycles. The summed E-state index contributed by atoms with van der Waals surface area (Å²) in [7, 11) is 0. The van der Waals surface area contributed by atoms with Crippen LogP contribution in [-0.2, 0) is 15.0 Å². The molecule has 1 aliphatic carbocycles. The third-order valence-electron chi connectivity index (χ3n) is 7.20. The third kappa shape index (κ3) is 2.82. The van der Waals surface area contributed by atoms with E-state index in [-0.39, 0.29) is 22.7 Å². The quantitative estimate of drug-likeness (QED) is 0.568. The Morgan fingerprint density at radius 1 is 0.914 bits per heavy atom. The highest BCUT2D eigenvalue weighted by atomic mass is 16.2. The lowest BCUT2D eigenvalue weighted by Gasteiger charge is -2.47. The van der Waals surface area contributed by atoms with Crippen molar-refractivity contribution in [1.82, 2.24) is 4.57 Å². The summed E-state index contributed by atoms with van der Waals surface area (Å²) >= 11 is 0. The minimum Gasteiger partial charge on any atom is -0.324 e. The van der Waals surface area contributed by atoms with Crippen molar-refractivity contribution in [3.8, 4) is 6.07 Å². The number of ketones is 1. The van der Waals surface area contributed by atoms with Crippen molar-refractivity contribution >= 4 is 28.9 Å². The van der Waals surface area contributed by atoms with Crippen molar-refractivity contribution in [2.45, 2.75) is 32.1 Å². The summed E-state index contributed by atoms with van der Waals surface area (Å²) in [6.45, 7) is 4.15. The number of fused-ring (bicyclic) bond motifs is 3. The molecule has 1 N–H and O–H groups in total. The topological polar surface area (TPSA) is 78.1 Å². The fraction of sp³-hybridized carbons (Fsp3) is 0.207. The summed E-state index contributed by atoms with van der Waals surface area (Å²) < 4.78 is 1.87. The van der Waals surface area contributed by atoms with Gasteiger partial charge < -0.3 is 9.88 Å². The second-order valence-electron chi connectivity index (χ2n) is 10.1. The van der Waals surface area contributed by atoms with Gasteiger partial charge in [0.2, 0.25) is 5.91 Å². The maximum atomic E-state index is 14.0. The molecule has 0 bridgehead atoms. The lowest BCUT2D eigenvalue weighted by Crippen LogP contribution is -2.51. The highest BCUT2D eigenvalue weighted by Gasteiger charge is 2.61. The molecule has 1 spiro atoms. The van der Waals surface area contributed by atoms with E-state index < -0.39 is 5.41 Å². The Morgan fingerprint density at radius 2 is 1.60 bits per heavy atom. The zero-order valence-corrected chi connectivity index (χ0v) is 19.6. The van der Waals surface area contributed by atoms with Crippen molar-refractivity contribution in [1.29, 1.82) is 5.26 Å². The number of aromatic nitrogens is 1. The smallest absolute Gasteiger partial charge is 0.245 e. The van der Waals surface area contributed by atoms with Crippen LogP contribution in [0.4, 0.5) is 11.4 Å². The van der Waals surface area contributed by atoms with E-state index in [0.29, 0.717) is 35.5 Å². The normalized spacial score (nSPS) is 22.7. The number of nitrogens with one attached hydrogen (secondary N) is 1. The highest BCUT2D eigenvalue weighted by Crippen LogP contribution is 2.58. The van der Waals surface area contributed by atoms with Gasteiger partial charge in [-0.2, -0.15) is 5.26 Å². The summed E-state index contributed by atoms with van der Waals surface area (Å²) in [5, 5.41) is 13.7.